The number of hydrogen-bond acceptors (Lipinski definition) is 4. The number of ether oxygens (including phenoxy) is 1. The first-order valence-corrected chi connectivity index (χ1v) is 5.61. The van der Waals surface area contributed by atoms with Crippen LogP contribution < -0.4 is 10.5 Å². The van der Waals surface area contributed by atoms with Crippen LogP contribution in [0.1, 0.15) is 25.5 Å². The molecule has 0 unspecified atom stereocenters. The third-order valence-corrected chi connectivity index (χ3v) is 2.44. The molecule has 0 aliphatic carbocycles. The van der Waals surface area contributed by atoms with Crippen LogP contribution in [0.5, 0.6) is 11.6 Å². The number of pyridine rings is 1. The second-order valence-corrected chi connectivity index (χ2v) is 3.85. The van der Waals surface area contributed by atoms with Gasteiger partial charge in [-0.15, -0.1) is 0 Å². The molecule has 1 atom stereocenters. The van der Waals surface area contributed by atoms with Gasteiger partial charge in [-0.05, 0) is 25.5 Å². The van der Waals surface area contributed by atoms with E-state index in [4.69, 9.17) is 10.5 Å². The van der Waals surface area contributed by atoms with Crippen LogP contribution in [0.15, 0.2) is 30.7 Å². The SMILES string of the molecule is CCn1cc(Oc2cc([C@@H](C)N)ccn2)cn1. The van der Waals surface area contributed by atoms with Gasteiger partial charge in [-0.3, -0.25) is 4.68 Å². The number of nitrogens with zero attached hydrogens (tertiary/aromatic N) is 3. The van der Waals surface area contributed by atoms with Gasteiger partial charge in [-0.25, -0.2) is 4.98 Å². The van der Waals surface area contributed by atoms with Gasteiger partial charge in [0.2, 0.25) is 5.88 Å². The zero-order valence-electron chi connectivity index (χ0n) is 10.00. The van der Waals surface area contributed by atoms with Gasteiger partial charge in [-0.2, -0.15) is 5.10 Å². The molecule has 2 heterocycles. The molecule has 5 heteroatoms. The molecule has 0 bridgehead atoms. The fraction of sp³-hybridized carbons (Fsp3) is 0.333. The molecule has 0 amide bonds. The van der Waals surface area contributed by atoms with Crippen molar-refractivity contribution in [2.45, 2.75) is 26.4 Å². The van der Waals surface area contributed by atoms with Gasteiger partial charge in [0.05, 0.1) is 12.4 Å². The van der Waals surface area contributed by atoms with Crippen molar-refractivity contribution in [2.24, 2.45) is 5.73 Å². The molecule has 2 aromatic heterocycles. The van der Waals surface area contributed by atoms with E-state index >= 15 is 0 Å². The van der Waals surface area contributed by atoms with Gasteiger partial charge in [0, 0.05) is 24.8 Å². The lowest BCUT2D eigenvalue weighted by Gasteiger charge is -2.07. The highest BCUT2D eigenvalue weighted by Gasteiger charge is 2.05. The van der Waals surface area contributed by atoms with Gasteiger partial charge in [0.1, 0.15) is 0 Å². The fourth-order valence-corrected chi connectivity index (χ4v) is 1.45. The highest BCUT2D eigenvalue weighted by Crippen LogP contribution is 2.21. The summed E-state index contributed by atoms with van der Waals surface area (Å²) < 4.78 is 7.40. The Morgan fingerprint density at radius 2 is 2.35 bits per heavy atom. The number of aromatic nitrogens is 3. The van der Waals surface area contributed by atoms with Crippen LogP contribution in [0.2, 0.25) is 0 Å². The van der Waals surface area contributed by atoms with Crippen LogP contribution in [-0.4, -0.2) is 14.8 Å². The quantitative estimate of drug-likeness (QED) is 0.876. The molecule has 90 valence electrons. The molecule has 2 aromatic rings. The summed E-state index contributed by atoms with van der Waals surface area (Å²) in [6.45, 7) is 4.76. The minimum Gasteiger partial charge on any atom is -0.436 e. The highest BCUT2D eigenvalue weighted by atomic mass is 16.5. The van der Waals surface area contributed by atoms with E-state index in [1.54, 1.807) is 17.1 Å². The van der Waals surface area contributed by atoms with Gasteiger partial charge in [0.25, 0.3) is 0 Å². The molecule has 17 heavy (non-hydrogen) atoms. The minimum atomic E-state index is -0.0290. The van der Waals surface area contributed by atoms with Crippen molar-refractivity contribution in [1.82, 2.24) is 14.8 Å². The first-order chi connectivity index (χ1) is 8.19. The zero-order valence-corrected chi connectivity index (χ0v) is 10.00. The van der Waals surface area contributed by atoms with E-state index in [1.807, 2.05) is 32.2 Å². The summed E-state index contributed by atoms with van der Waals surface area (Å²) in [5.74, 6) is 1.22. The van der Waals surface area contributed by atoms with Crippen molar-refractivity contribution >= 4 is 0 Å². The number of nitrogens with two attached hydrogens (primary N) is 1. The van der Waals surface area contributed by atoms with Crippen molar-refractivity contribution < 1.29 is 4.74 Å². The van der Waals surface area contributed by atoms with E-state index in [9.17, 15) is 0 Å². The Morgan fingerprint density at radius 1 is 1.53 bits per heavy atom. The van der Waals surface area contributed by atoms with Crippen LogP contribution in [-0.2, 0) is 6.54 Å². The Balaban J connectivity index is 2.15. The topological polar surface area (TPSA) is 66.0 Å². The summed E-state index contributed by atoms with van der Waals surface area (Å²) in [6, 6.07) is 3.69. The summed E-state index contributed by atoms with van der Waals surface area (Å²) in [7, 11) is 0. The van der Waals surface area contributed by atoms with Crippen molar-refractivity contribution in [3.63, 3.8) is 0 Å². The van der Waals surface area contributed by atoms with Gasteiger partial charge < -0.3 is 10.5 Å². The lowest BCUT2D eigenvalue weighted by Crippen LogP contribution is -2.05. The van der Waals surface area contributed by atoms with Gasteiger partial charge >= 0.3 is 0 Å². The molecule has 2 N–H and O–H groups in total. The molecular weight excluding hydrogens is 216 g/mol. The van der Waals surface area contributed by atoms with Crippen molar-refractivity contribution in [3.8, 4) is 11.6 Å². The number of rotatable bonds is 4. The molecule has 0 radical (unpaired) electrons. The van der Waals surface area contributed by atoms with Crippen LogP contribution in [0.25, 0.3) is 0 Å². The second-order valence-electron chi connectivity index (χ2n) is 3.85. The largest absolute Gasteiger partial charge is 0.436 e. The molecule has 5 nitrogen and oxygen atoms in total. The maximum Gasteiger partial charge on any atom is 0.219 e. The van der Waals surface area contributed by atoms with Gasteiger partial charge in [0.15, 0.2) is 5.75 Å². The summed E-state index contributed by atoms with van der Waals surface area (Å²) in [5, 5.41) is 4.13. The predicted molar refractivity (Wildman–Crippen MR) is 64.8 cm³/mol. The Labute approximate surface area is 100 Å². The molecule has 0 spiro atoms. The molecule has 0 saturated carbocycles. The van der Waals surface area contributed by atoms with E-state index in [1.165, 1.54) is 0 Å². The number of aryl methyl sites for hydroxylation is 1. The normalized spacial score (nSPS) is 12.4. The first kappa shape index (κ1) is 11.6. The van der Waals surface area contributed by atoms with Crippen molar-refractivity contribution in [2.75, 3.05) is 0 Å². The molecule has 0 aliphatic heterocycles. The van der Waals surface area contributed by atoms with E-state index < -0.39 is 0 Å². The lowest BCUT2D eigenvalue weighted by atomic mass is 10.1. The Kier molecular flexibility index (Phi) is 3.39. The second kappa shape index (κ2) is 4.97. The average molecular weight is 232 g/mol. The molecule has 0 fully saturated rings. The third kappa shape index (κ3) is 2.82. The minimum absolute atomic E-state index is 0.0290. The predicted octanol–water partition coefficient (Wildman–Crippen LogP) is 2.11. The molecule has 0 aliphatic rings. The molecule has 0 saturated heterocycles. The summed E-state index contributed by atoms with van der Waals surface area (Å²) >= 11 is 0. The monoisotopic (exact) mass is 232 g/mol. The van der Waals surface area contributed by atoms with E-state index in [0.717, 1.165) is 12.1 Å². The third-order valence-electron chi connectivity index (χ3n) is 2.44. The zero-order chi connectivity index (χ0) is 12.3. The molecule has 2 rings (SSSR count). The average Bonchev–Trinajstić information content (AvgIpc) is 2.77. The summed E-state index contributed by atoms with van der Waals surface area (Å²) in [6.07, 6.45) is 5.20. The Morgan fingerprint density at radius 3 is 3.00 bits per heavy atom. The van der Waals surface area contributed by atoms with Crippen molar-refractivity contribution in [3.05, 3.63) is 36.3 Å². The fourth-order valence-electron chi connectivity index (χ4n) is 1.45. The maximum atomic E-state index is 5.80. The lowest BCUT2D eigenvalue weighted by molar-refractivity contribution is 0.460. The number of hydrogen-bond donors (Lipinski definition) is 1. The molecular formula is C12H16N4O. The Bertz CT molecular complexity index is 493. The summed E-state index contributed by atoms with van der Waals surface area (Å²) in [5.41, 5.74) is 6.80. The smallest absolute Gasteiger partial charge is 0.219 e. The molecule has 0 aromatic carbocycles. The van der Waals surface area contributed by atoms with Crippen LogP contribution in [0, 0.1) is 0 Å². The van der Waals surface area contributed by atoms with E-state index in [2.05, 4.69) is 10.1 Å². The van der Waals surface area contributed by atoms with Crippen LogP contribution in [0.3, 0.4) is 0 Å². The van der Waals surface area contributed by atoms with E-state index in [-0.39, 0.29) is 6.04 Å². The van der Waals surface area contributed by atoms with Crippen LogP contribution in [0.4, 0.5) is 0 Å². The van der Waals surface area contributed by atoms with E-state index in [0.29, 0.717) is 11.6 Å². The highest BCUT2D eigenvalue weighted by molar-refractivity contribution is 5.27. The van der Waals surface area contributed by atoms with Crippen molar-refractivity contribution in [1.29, 1.82) is 0 Å². The standard InChI is InChI=1S/C12H16N4O/c1-3-16-8-11(7-15-16)17-12-6-10(9(2)13)4-5-14-12/h4-9H,3,13H2,1-2H3/t9-/m1/s1. The van der Waals surface area contributed by atoms with Gasteiger partial charge in [-0.1, -0.05) is 0 Å². The van der Waals surface area contributed by atoms with Crippen LogP contribution >= 0.6 is 0 Å². The maximum absolute atomic E-state index is 5.80. The first-order valence-electron chi connectivity index (χ1n) is 5.61. The summed E-state index contributed by atoms with van der Waals surface area (Å²) in [4.78, 5) is 4.14. The Hall–Kier alpha value is -1.88.